The Labute approximate surface area is 107 Å². The maximum absolute atomic E-state index is 8.53. The molecule has 2 aromatic heterocycles. The van der Waals surface area contributed by atoms with Gasteiger partial charge in [-0.1, -0.05) is 25.9 Å². The highest BCUT2D eigenvalue weighted by Gasteiger charge is 2.20. The molecule has 18 heavy (non-hydrogen) atoms. The van der Waals surface area contributed by atoms with E-state index >= 15 is 0 Å². The van der Waals surface area contributed by atoms with E-state index in [4.69, 9.17) is 10.9 Å². The Morgan fingerprint density at radius 2 is 2.22 bits per heavy atom. The molecule has 0 aliphatic carbocycles. The van der Waals surface area contributed by atoms with E-state index in [9.17, 15) is 0 Å². The van der Waals surface area contributed by atoms with Crippen LogP contribution in [0.25, 0.3) is 5.13 Å². The molecule has 8 nitrogen and oxygen atoms in total. The van der Waals surface area contributed by atoms with Gasteiger partial charge in [0.15, 0.2) is 0 Å². The third kappa shape index (κ3) is 2.30. The summed E-state index contributed by atoms with van der Waals surface area (Å²) in [7, 11) is 0. The monoisotopic (exact) mass is 267 g/mol. The lowest BCUT2D eigenvalue weighted by molar-refractivity contribution is 0.318. The highest BCUT2D eigenvalue weighted by atomic mass is 32.1. The summed E-state index contributed by atoms with van der Waals surface area (Å²) < 4.78 is 5.71. The quantitative estimate of drug-likeness (QED) is 0.354. The van der Waals surface area contributed by atoms with Gasteiger partial charge in [-0.05, 0) is 0 Å². The first-order valence-corrected chi connectivity index (χ1v) is 5.93. The lowest BCUT2D eigenvalue weighted by atomic mass is 9.96. The number of amidine groups is 1. The molecule has 0 unspecified atom stereocenters. The van der Waals surface area contributed by atoms with Gasteiger partial charge < -0.3 is 10.9 Å². The fourth-order valence-corrected chi connectivity index (χ4v) is 1.91. The third-order valence-electron chi connectivity index (χ3n) is 2.11. The minimum atomic E-state index is -0.144. The lowest BCUT2D eigenvalue weighted by Crippen LogP contribution is -2.15. The van der Waals surface area contributed by atoms with Gasteiger partial charge in [-0.3, -0.25) is 0 Å². The summed E-state index contributed by atoms with van der Waals surface area (Å²) in [6, 6.07) is 0. The highest BCUT2D eigenvalue weighted by molar-refractivity contribution is 7.08. The Morgan fingerprint density at radius 3 is 2.78 bits per heavy atom. The van der Waals surface area contributed by atoms with Gasteiger partial charge in [0, 0.05) is 16.9 Å². The average molecular weight is 267 g/mol. The van der Waals surface area contributed by atoms with Crippen molar-refractivity contribution in [3.8, 4) is 5.13 Å². The summed E-state index contributed by atoms with van der Waals surface area (Å²) in [4.78, 5) is 8.28. The van der Waals surface area contributed by atoms with E-state index in [2.05, 4.69) is 24.6 Å². The molecule has 0 spiro atoms. The maximum atomic E-state index is 8.53. The molecular formula is C9H13N7OS. The van der Waals surface area contributed by atoms with Crippen LogP contribution in [0.15, 0.2) is 11.5 Å². The van der Waals surface area contributed by atoms with Crippen LogP contribution in [0.3, 0.4) is 0 Å². The molecule has 0 aromatic carbocycles. The Hall–Kier alpha value is -2.03. The molecule has 0 aliphatic heterocycles. The van der Waals surface area contributed by atoms with Crippen molar-refractivity contribution in [2.75, 3.05) is 0 Å². The van der Waals surface area contributed by atoms with Crippen molar-refractivity contribution >= 4 is 17.4 Å². The number of nitrogens with zero attached hydrogens (tertiary/aromatic N) is 6. The lowest BCUT2D eigenvalue weighted by Gasteiger charge is -2.11. The summed E-state index contributed by atoms with van der Waals surface area (Å²) in [5, 5.41) is 16.0. The van der Waals surface area contributed by atoms with Crippen molar-refractivity contribution < 1.29 is 5.21 Å². The number of oxime groups is 1. The summed E-state index contributed by atoms with van der Waals surface area (Å²) in [5.41, 5.74) is 5.27. The van der Waals surface area contributed by atoms with E-state index in [1.807, 2.05) is 20.8 Å². The molecule has 2 aromatic rings. The van der Waals surface area contributed by atoms with Crippen molar-refractivity contribution in [1.29, 1.82) is 0 Å². The van der Waals surface area contributed by atoms with Crippen LogP contribution < -0.4 is 5.73 Å². The van der Waals surface area contributed by atoms with E-state index in [1.165, 1.54) is 22.5 Å². The van der Waals surface area contributed by atoms with Crippen LogP contribution in [-0.2, 0) is 5.41 Å². The second kappa shape index (κ2) is 4.33. The van der Waals surface area contributed by atoms with Gasteiger partial charge in [0.1, 0.15) is 12.2 Å². The molecule has 0 saturated heterocycles. The number of nitrogens with two attached hydrogens (primary N) is 1. The van der Waals surface area contributed by atoms with Gasteiger partial charge in [-0.15, -0.1) is 5.10 Å². The van der Waals surface area contributed by atoms with E-state index in [0.717, 1.165) is 5.82 Å². The predicted molar refractivity (Wildman–Crippen MR) is 66.0 cm³/mol. The van der Waals surface area contributed by atoms with E-state index < -0.39 is 0 Å². The van der Waals surface area contributed by atoms with Crippen LogP contribution in [0.1, 0.15) is 32.4 Å². The van der Waals surface area contributed by atoms with Crippen molar-refractivity contribution in [3.05, 3.63) is 18.0 Å². The van der Waals surface area contributed by atoms with Gasteiger partial charge in [-0.2, -0.15) is 9.06 Å². The van der Waals surface area contributed by atoms with Crippen LogP contribution in [0.5, 0.6) is 0 Å². The Morgan fingerprint density at radius 1 is 1.50 bits per heavy atom. The molecule has 9 heteroatoms. The maximum Gasteiger partial charge on any atom is 0.231 e. The standard InChI is InChI=1S/C9H13N7OS/c1-9(2,3)7-12-8(18-15-7)16-4-11-6(13-16)5(10)14-17/h4,17H,1-3H3,(H2,10,14). The Kier molecular flexibility index (Phi) is 2.99. The molecule has 0 fully saturated rings. The van der Waals surface area contributed by atoms with Crippen molar-refractivity contribution in [2.45, 2.75) is 26.2 Å². The first kappa shape index (κ1) is 12.4. The number of hydrogen-bond donors (Lipinski definition) is 2. The molecule has 0 atom stereocenters. The van der Waals surface area contributed by atoms with Gasteiger partial charge in [0.05, 0.1) is 0 Å². The molecule has 2 heterocycles. The Bertz CT molecular complexity index is 580. The van der Waals surface area contributed by atoms with E-state index in [-0.39, 0.29) is 17.1 Å². The van der Waals surface area contributed by atoms with Crippen LogP contribution >= 0.6 is 11.5 Å². The molecule has 0 radical (unpaired) electrons. The van der Waals surface area contributed by atoms with Gasteiger partial charge >= 0.3 is 0 Å². The second-order valence-electron chi connectivity index (χ2n) is 4.65. The first-order chi connectivity index (χ1) is 8.41. The Balaban J connectivity index is 2.33. The SMILES string of the molecule is CC(C)(C)c1nsc(-n2cnc(C(N)=NO)n2)n1. The summed E-state index contributed by atoms with van der Waals surface area (Å²) >= 11 is 1.22. The van der Waals surface area contributed by atoms with Crippen LogP contribution in [0, 0.1) is 0 Å². The highest BCUT2D eigenvalue weighted by Crippen LogP contribution is 2.21. The molecule has 0 aliphatic rings. The molecule has 2 rings (SSSR count). The van der Waals surface area contributed by atoms with Gasteiger partial charge in [0.25, 0.3) is 0 Å². The van der Waals surface area contributed by atoms with E-state index in [1.54, 1.807) is 0 Å². The molecular weight excluding hydrogens is 254 g/mol. The normalized spacial score (nSPS) is 12.9. The summed E-state index contributed by atoms with van der Waals surface area (Å²) in [5.74, 6) is 0.739. The minimum absolute atomic E-state index is 0.121. The number of hydrogen-bond acceptors (Lipinski definition) is 7. The molecule has 96 valence electrons. The molecule has 0 saturated carbocycles. The van der Waals surface area contributed by atoms with Gasteiger partial charge in [0.2, 0.25) is 16.8 Å². The third-order valence-corrected chi connectivity index (χ3v) is 2.82. The molecule has 3 N–H and O–H groups in total. The average Bonchev–Trinajstić information content (AvgIpc) is 2.94. The molecule has 0 bridgehead atoms. The van der Waals surface area contributed by atoms with Crippen molar-refractivity contribution in [3.63, 3.8) is 0 Å². The predicted octanol–water partition coefficient (Wildman–Crippen LogP) is 0.511. The van der Waals surface area contributed by atoms with Crippen LogP contribution in [0.4, 0.5) is 0 Å². The van der Waals surface area contributed by atoms with Crippen molar-refractivity contribution in [2.24, 2.45) is 10.9 Å². The number of rotatable bonds is 2. The minimum Gasteiger partial charge on any atom is -0.409 e. The number of aromatic nitrogens is 5. The second-order valence-corrected chi connectivity index (χ2v) is 5.38. The first-order valence-electron chi connectivity index (χ1n) is 5.16. The largest absolute Gasteiger partial charge is 0.409 e. The smallest absolute Gasteiger partial charge is 0.231 e. The summed E-state index contributed by atoms with van der Waals surface area (Å²) in [6.07, 6.45) is 1.44. The van der Waals surface area contributed by atoms with Gasteiger partial charge in [-0.25, -0.2) is 9.97 Å². The van der Waals surface area contributed by atoms with Crippen LogP contribution in [0.2, 0.25) is 0 Å². The zero-order chi connectivity index (χ0) is 13.3. The fourth-order valence-electron chi connectivity index (χ4n) is 1.13. The topological polar surface area (TPSA) is 115 Å². The zero-order valence-electron chi connectivity index (χ0n) is 10.2. The summed E-state index contributed by atoms with van der Waals surface area (Å²) in [6.45, 7) is 6.09. The fraction of sp³-hybridized carbons (Fsp3) is 0.444. The zero-order valence-corrected chi connectivity index (χ0v) is 11.0. The van der Waals surface area contributed by atoms with Crippen LogP contribution in [-0.4, -0.2) is 35.2 Å². The van der Waals surface area contributed by atoms with E-state index in [0.29, 0.717) is 5.13 Å². The molecule has 0 amide bonds. The van der Waals surface area contributed by atoms with Crippen molar-refractivity contribution in [1.82, 2.24) is 24.1 Å².